The predicted molar refractivity (Wildman–Crippen MR) is 104 cm³/mol. The fourth-order valence-corrected chi connectivity index (χ4v) is 4.53. The monoisotopic (exact) mass is 383 g/mol. The first-order valence-corrected chi connectivity index (χ1v) is 10.1. The van der Waals surface area contributed by atoms with Gasteiger partial charge in [-0.3, -0.25) is 4.98 Å². The van der Waals surface area contributed by atoms with Gasteiger partial charge >= 0.3 is 0 Å². The van der Waals surface area contributed by atoms with E-state index in [-0.39, 0.29) is 18.4 Å². The van der Waals surface area contributed by atoms with Crippen LogP contribution in [0.4, 0.5) is 0 Å². The largest absolute Gasteiger partial charge is 0.312 e. The van der Waals surface area contributed by atoms with E-state index >= 15 is 0 Å². The molecule has 0 aliphatic heterocycles. The lowest BCUT2D eigenvalue weighted by Gasteiger charge is -2.25. The summed E-state index contributed by atoms with van der Waals surface area (Å²) in [7, 11) is -3.51. The van der Waals surface area contributed by atoms with Crippen LogP contribution in [0.3, 0.4) is 0 Å². The van der Waals surface area contributed by atoms with Gasteiger partial charge in [-0.25, -0.2) is 13.1 Å². The molecule has 0 spiro atoms. The summed E-state index contributed by atoms with van der Waals surface area (Å²) in [6, 6.07) is 7.32. The Hall–Kier alpha value is -1.21. The number of hydrogen-bond donors (Lipinski definition) is 2. The van der Waals surface area contributed by atoms with Gasteiger partial charge in [0.2, 0.25) is 10.0 Å². The zero-order valence-corrected chi connectivity index (χ0v) is 16.1. The van der Waals surface area contributed by atoms with E-state index in [9.17, 15) is 8.42 Å². The number of hydrogen-bond acceptors (Lipinski definition) is 4. The Morgan fingerprint density at radius 1 is 1.16 bits per heavy atom. The van der Waals surface area contributed by atoms with Crippen molar-refractivity contribution in [3.05, 3.63) is 36.7 Å². The maximum absolute atomic E-state index is 12.6. The molecule has 1 aliphatic rings. The van der Waals surface area contributed by atoms with Gasteiger partial charge < -0.3 is 5.32 Å². The molecule has 1 heterocycles. The predicted octanol–water partition coefficient (Wildman–Crippen LogP) is 3.25. The first-order valence-electron chi connectivity index (χ1n) is 8.64. The standard InChI is InChI=1S/C18H25N3O2S.ClH/c1-14(12-20-17-5-3-2-4-6-17)21-24(22,23)18-8-7-16-13-19-10-9-15(16)11-18;/h7-11,13-14,17,20-21H,2-6,12H2,1H3;1H/t14-;/m1./s1. The summed E-state index contributed by atoms with van der Waals surface area (Å²) in [5.41, 5.74) is 0. The smallest absolute Gasteiger partial charge is 0.240 e. The Morgan fingerprint density at radius 3 is 2.68 bits per heavy atom. The zero-order chi connectivity index (χ0) is 17.0. The Bertz CT molecular complexity index is 792. The molecule has 0 bridgehead atoms. The minimum atomic E-state index is -3.51. The molecule has 2 aromatic rings. The SMILES string of the molecule is C[C@H](CNC1CCCCC1)NS(=O)(=O)c1ccc2cnccc2c1.Cl. The number of fused-ring (bicyclic) bond motifs is 1. The molecule has 2 N–H and O–H groups in total. The number of aromatic nitrogens is 1. The molecule has 7 heteroatoms. The second kappa shape index (κ2) is 8.94. The number of pyridine rings is 1. The first-order chi connectivity index (χ1) is 11.5. The zero-order valence-electron chi connectivity index (χ0n) is 14.4. The summed E-state index contributed by atoms with van der Waals surface area (Å²) in [6.07, 6.45) is 9.64. The molecule has 1 aromatic heterocycles. The summed E-state index contributed by atoms with van der Waals surface area (Å²) < 4.78 is 27.9. The highest BCUT2D eigenvalue weighted by atomic mass is 35.5. The Balaban J connectivity index is 0.00000225. The van der Waals surface area contributed by atoms with Gasteiger partial charge in [-0.05, 0) is 43.4 Å². The summed E-state index contributed by atoms with van der Waals surface area (Å²) in [5, 5.41) is 5.30. The highest BCUT2D eigenvalue weighted by molar-refractivity contribution is 7.89. The molecular formula is C18H26ClN3O2S. The minimum absolute atomic E-state index is 0. The van der Waals surface area contributed by atoms with Crippen LogP contribution in [0.5, 0.6) is 0 Å². The van der Waals surface area contributed by atoms with Gasteiger partial charge in [-0.2, -0.15) is 0 Å². The number of nitrogens with zero attached hydrogens (tertiary/aromatic N) is 1. The van der Waals surface area contributed by atoms with E-state index in [0.717, 1.165) is 10.8 Å². The molecule has 3 rings (SSSR count). The quantitative estimate of drug-likeness (QED) is 0.803. The van der Waals surface area contributed by atoms with E-state index in [4.69, 9.17) is 0 Å². The maximum atomic E-state index is 12.6. The second-order valence-electron chi connectivity index (χ2n) is 6.65. The molecule has 1 saturated carbocycles. The minimum Gasteiger partial charge on any atom is -0.312 e. The topological polar surface area (TPSA) is 71.1 Å². The molecule has 0 amide bonds. The Morgan fingerprint density at radius 2 is 1.92 bits per heavy atom. The Kier molecular flexibility index (Phi) is 7.19. The third-order valence-electron chi connectivity index (χ3n) is 4.60. The van der Waals surface area contributed by atoms with E-state index in [2.05, 4.69) is 15.0 Å². The lowest BCUT2D eigenvalue weighted by molar-refractivity contribution is 0.364. The fraction of sp³-hybridized carbons (Fsp3) is 0.500. The van der Waals surface area contributed by atoms with Crippen LogP contribution in [0.2, 0.25) is 0 Å². The highest BCUT2D eigenvalue weighted by Gasteiger charge is 2.19. The van der Waals surface area contributed by atoms with Crippen LogP contribution in [0.25, 0.3) is 10.8 Å². The van der Waals surface area contributed by atoms with Crippen LogP contribution < -0.4 is 10.0 Å². The van der Waals surface area contributed by atoms with E-state index in [1.807, 2.05) is 13.0 Å². The number of rotatable bonds is 6. The second-order valence-corrected chi connectivity index (χ2v) is 8.36. The third-order valence-corrected chi connectivity index (χ3v) is 6.18. The normalized spacial score (nSPS) is 17.2. The van der Waals surface area contributed by atoms with Crippen LogP contribution in [0, 0.1) is 0 Å². The lowest BCUT2D eigenvalue weighted by Crippen LogP contribution is -2.43. The average molecular weight is 384 g/mol. The molecule has 1 fully saturated rings. The fourth-order valence-electron chi connectivity index (χ4n) is 3.25. The summed E-state index contributed by atoms with van der Waals surface area (Å²) in [5.74, 6) is 0. The average Bonchev–Trinajstić information content (AvgIpc) is 2.60. The van der Waals surface area contributed by atoms with Gasteiger partial charge in [0.05, 0.1) is 4.90 Å². The van der Waals surface area contributed by atoms with Crippen LogP contribution in [0.1, 0.15) is 39.0 Å². The molecular weight excluding hydrogens is 358 g/mol. The van der Waals surface area contributed by atoms with Gasteiger partial charge in [-0.1, -0.05) is 25.3 Å². The molecule has 1 aromatic carbocycles. The van der Waals surface area contributed by atoms with Crippen molar-refractivity contribution in [2.24, 2.45) is 0 Å². The number of nitrogens with one attached hydrogen (secondary N) is 2. The first kappa shape index (κ1) is 20.1. The summed E-state index contributed by atoms with van der Waals surface area (Å²) in [6.45, 7) is 2.56. The van der Waals surface area contributed by atoms with Crippen molar-refractivity contribution < 1.29 is 8.42 Å². The van der Waals surface area contributed by atoms with E-state index < -0.39 is 10.0 Å². The number of halogens is 1. The number of sulfonamides is 1. The van der Waals surface area contributed by atoms with E-state index in [0.29, 0.717) is 17.5 Å². The third kappa shape index (κ3) is 5.38. The number of benzene rings is 1. The Labute approximate surface area is 156 Å². The van der Waals surface area contributed by atoms with Gasteiger partial charge in [-0.15, -0.1) is 12.4 Å². The van der Waals surface area contributed by atoms with E-state index in [1.165, 1.54) is 32.1 Å². The van der Waals surface area contributed by atoms with Gasteiger partial charge in [0.15, 0.2) is 0 Å². The van der Waals surface area contributed by atoms with Crippen molar-refractivity contribution in [3.8, 4) is 0 Å². The summed E-state index contributed by atoms with van der Waals surface area (Å²) in [4.78, 5) is 4.35. The van der Waals surface area contributed by atoms with Crippen molar-refractivity contribution >= 4 is 33.2 Å². The molecule has 0 unspecified atom stereocenters. The molecule has 5 nitrogen and oxygen atoms in total. The van der Waals surface area contributed by atoms with Crippen LogP contribution >= 0.6 is 12.4 Å². The van der Waals surface area contributed by atoms with Gasteiger partial charge in [0.1, 0.15) is 0 Å². The van der Waals surface area contributed by atoms with Crippen LogP contribution in [0.15, 0.2) is 41.6 Å². The van der Waals surface area contributed by atoms with Crippen molar-refractivity contribution in [1.29, 1.82) is 0 Å². The van der Waals surface area contributed by atoms with Crippen molar-refractivity contribution in [2.45, 2.75) is 56.0 Å². The molecule has 138 valence electrons. The molecule has 1 atom stereocenters. The van der Waals surface area contributed by atoms with Crippen molar-refractivity contribution in [1.82, 2.24) is 15.0 Å². The van der Waals surface area contributed by atoms with Crippen LogP contribution in [-0.4, -0.2) is 32.0 Å². The van der Waals surface area contributed by atoms with Crippen LogP contribution in [-0.2, 0) is 10.0 Å². The summed E-state index contributed by atoms with van der Waals surface area (Å²) >= 11 is 0. The lowest BCUT2D eigenvalue weighted by atomic mass is 9.95. The van der Waals surface area contributed by atoms with Gasteiger partial charge in [0, 0.05) is 36.4 Å². The molecule has 0 radical (unpaired) electrons. The van der Waals surface area contributed by atoms with Crippen molar-refractivity contribution in [3.63, 3.8) is 0 Å². The van der Waals surface area contributed by atoms with Gasteiger partial charge in [0.25, 0.3) is 0 Å². The maximum Gasteiger partial charge on any atom is 0.240 e. The highest BCUT2D eigenvalue weighted by Crippen LogP contribution is 2.19. The molecule has 1 aliphatic carbocycles. The van der Waals surface area contributed by atoms with E-state index in [1.54, 1.807) is 30.6 Å². The van der Waals surface area contributed by atoms with Crippen molar-refractivity contribution in [2.75, 3.05) is 6.54 Å². The molecule has 0 saturated heterocycles. The molecule has 25 heavy (non-hydrogen) atoms.